The number of rotatable bonds is 4. The summed E-state index contributed by atoms with van der Waals surface area (Å²) in [5, 5.41) is 12.8. The molecule has 0 aromatic carbocycles. The van der Waals surface area contributed by atoms with Crippen molar-refractivity contribution in [1.82, 2.24) is 20.4 Å². The van der Waals surface area contributed by atoms with Gasteiger partial charge in [0.25, 0.3) is 5.91 Å². The van der Waals surface area contributed by atoms with Crippen molar-refractivity contribution in [2.24, 2.45) is 0 Å². The van der Waals surface area contributed by atoms with Gasteiger partial charge in [-0.25, -0.2) is 0 Å². The van der Waals surface area contributed by atoms with Gasteiger partial charge in [0.15, 0.2) is 0 Å². The third-order valence-corrected chi connectivity index (χ3v) is 5.67. The minimum absolute atomic E-state index is 0.0559. The molecule has 2 aliphatic rings. The van der Waals surface area contributed by atoms with Crippen molar-refractivity contribution in [2.45, 2.75) is 37.8 Å². The Morgan fingerprint density at radius 2 is 2.05 bits per heavy atom. The van der Waals surface area contributed by atoms with Gasteiger partial charge in [0.05, 0.1) is 11.9 Å². The third kappa shape index (κ3) is 3.57. The molecule has 6 nitrogen and oxygen atoms in total. The first kappa shape index (κ1) is 15.7. The normalized spacial score (nSPS) is 26.6. The number of anilines is 1. The van der Waals surface area contributed by atoms with E-state index in [1.807, 2.05) is 0 Å². The first-order chi connectivity index (χ1) is 10.8. The van der Waals surface area contributed by atoms with E-state index in [1.165, 1.54) is 37.4 Å². The van der Waals surface area contributed by atoms with Crippen LogP contribution in [0.4, 0.5) is 5.69 Å². The highest BCUT2D eigenvalue weighted by Crippen LogP contribution is 2.25. The predicted octanol–water partition coefficient (Wildman–Crippen LogP) is 1.54. The molecular formula is C15H25N5OS. The Labute approximate surface area is 135 Å². The van der Waals surface area contributed by atoms with Gasteiger partial charge in [-0.2, -0.15) is 16.9 Å². The van der Waals surface area contributed by atoms with Crippen LogP contribution in [-0.4, -0.2) is 64.7 Å². The maximum Gasteiger partial charge on any atom is 0.271 e. The average Bonchev–Trinajstić information content (AvgIpc) is 3.05. The zero-order chi connectivity index (χ0) is 15.4. The van der Waals surface area contributed by atoms with Crippen molar-refractivity contribution in [3.63, 3.8) is 0 Å². The second-order valence-electron chi connectivity index (χ2n) is 6.04. The van der Waals surface area contributed by atoms with Crippen LogP contribution in [0.1, 0.15) is 36.2 Å². The molecule has 0 bridgehead atoms. The number of nitrogens with zero attached hydrogens (tertiary/aromatic N) is 2. The van der Waals surface area contributed by atoms with Crippen LogP contribution in [0, 0.1) is 0 Å². The SMILES string of the molecule is CNc1cn[nH]c1C(=O)NC1CCC(N2CCSCC2)CC1. The Morgan fingerprint density at radius 3 is 2.73 bits per heavy atom. The molecule has 122 valence electrons. The van der Waals surface area contributed by atoms with E-state index in [-0.39, 0.29) is 11.9 Å². The second-order valence-corrected chi connectivity index (χ2v) is 7.26. The van der Waals surface area contributed by atoms with Gasteiger partial charge in [-0.15, -0.1) is 0 Å². The summed E-state index contributed by atoms with van der Waals surface area (Å²) in [6.45, 7) is 2.46. The van der Waals surface area contributed by atoms with Gasteiger partial charge in [-0.3, -0.25) is 14.8 Å². The first-order valence-corrected chi connectivity index (χ1v) is 9.27. The molecule has 22 heavy (non-hydrogen) atoms. The number of aromatic amines is 1. The van der Waals surface area contributed by atoms with Gasteiger partial charge in [-0.1, -0.05) is 0 Å². The molecule has 7 heteroatoms. The zero-order valence-corrected chi connectivity index (χ0v) is 13.9. The number of nitrogens with one attached hydrogen (secondary N) is 3. The summed E-state index contributed by atoms with van der Waals surface area (Å²) in [5.41, 5.74) is 1.27. The first-order valence-electron chi connectivity index (χ1n) is 8.11. The van der Waals surface area contributed by atoms with Crippen LogP contribution >= 0.6 is 11.8 Å². The molecule has 1 saturated carbocycles. The topological polar surface area (TPSA) is 73.0 Å². The van der Waals surface area contributed by atoms with E-state index in [2.05, 4.69) is 37.5 Å². The molecule has 1 saturated heterocycles. The fourth-order valence-electron chi connectivity index (χ4n) is 3.43. The van der Waals surface area contributed by atoms with E-state index >= 15 is 0 Å². The summed E-state index contributed by atoms with van der Waals surface area (Å²) in [6, 6.07) is 1.00. The van der Waals surface area contributed by atoms with Crippen molar-refractivity contribution in [3.05, 3.63) is 11.9 Å². The summed E-state index contributed by atoms with van der Waals surface area (Å²) in [6.07, 6.45) is 6.17. The molecule has 1 aliphatic heterocycles. The quantitative estimate of drug-likeness (QED) is 0.784. The molecule has 0 radical (unpaired) electrons. The smallest absolute Gasteiger partial charge is 0.271 e. The van der Waals surface area contributed by atoms with Crippen LogP contribution in [0.2, 0.25) is 0 Å². The standard InChI is InChI=1S/C15H25N5OS/c1-16-13-10-17-19-14(13)15(21)18-11-2-4-12(5-3-11)20-6-8-22-9-7-20/h10-12,16H,2-9H2,1H3,(H,17,19)(H,18,21). The summed E-state index contributed by atoms with van der Waals surface area (Å²) in [7, 11) is 1.80. The van der Waals surface area contributed by atoms with Gasteiger partial charge in [0, 0.05) is 43.7 Å². The van der Waals surface area contributed by atoms with Crippen LogP contribution in [0.15, 0.2) is 6.20 Å². The van der Waals surface area contributed by atoms with Crippen LogP contribution < -0.4 is 10.6 Å². The minimum atomic E-state index is -0.0559. The average molecular weight is 323 g/mol. The summed E-state index contributed by atoms with van der Waals surface area (Å²) in [5.74, 6) is 2.48. The number of H-pyrrole nitrogens is 1. The lowest BCUT2D eigenvalue weighted by Crippen LogP contribution is -2.46. The number of hydrogen-bond acceptors (Lipinski definition) is 5. The molecule has 3 N–H and O–H groups in total. The van der Waals surface area contributed by atoms with E-state index in [1.54, 1.807) is 13.2 Å². The zero-order valence-electron chi connectivity index (χ0n) is 13.1. The number of aromatic nitrogens is 2. The molecule has 1 aliphatic carbocycles. The summed E-state index contributed by atoms with van der Waals surface area (Å²) >= 11 is 2.06. The highest BCUT2D eigenvalue weighted by Gasteiger charge is 2.28. The fourth-order valence-corrected chi connectivity index (χ4v) is 4.37. The number of hydrogen-bond donors (Lipinski definition) is 3. The van der Waals surface area contributed by atoms with Crippen LogP contribution in [0.3, 0.4) is 0 Å². The van der Waals surface area contributed by atoms with Crippen LogP contribution in [0.5, 0.6) is 0 Å². The van der Waals surface area contributed by atoms with E-state index < -0.39 is 0 Å². The largest absolute Gasteiger partial charge is 0.385 e. The van der Waals surface area contributed by atoms with Gasteiger partial charge >= 0.3 is 0 Å². The Morgan fingerprint density at radius 1 is 1.32 bits per heavy atom. The van der Waals surface area contributed by atoms with E-state index in [0.29, 0.717) is 11.7 Å². The van der Waals surface area contributed by atoms with Crippen molar-refractivity contribution < 1.29 is 4.79 Å². The lowest BCUT2D eigenvalue weighted by atomic mass is 9.90. The minimum Gasteiger partial charge on any atom is -0.385 e. The lowest BCUT2D eigenvalue weighted by molar-refractivity contribution is 0.0902. The van der Waals surface area contributed by atoms with Crippen LogP contribution in [-0.2, 0) is 0 Å². The molecule has 0 atom stereocenters. The van der Waals surface area contributed by atoms with Gasteiger partial charge in [0.2, 0.25) is 0 Å². The van der Waals surface area contributed by atoms with Crippen molar-refractivity contribution in [3.8, 4) is 0 Å². The Kier molecular flexibility index (Phi) is 5.25. The monoisotopic (exact) mass is 323 g/mol. The molecule has 3 rings (SSSR count). The molecule has 1 aromatic rings. The summed E-state index contributed by atoms with van der Waals surface area (Å²) in [4.78, 5) is 14.9. The molecule has 0 unspecified atom stereocenters. The van der Waals surface area contributed by atoms with Crippen LogP contribution in [0.25, 0.3) is 0 Å². The molecule has 2 heterocycles. The van der Waals surface area contributed by atoms with E-state index in [0.717, 1.165) is 18.5 Å². The molecule has 1 aromatic heterocycles. The Hall–Kier alpha value is -1.21. The molecular weight excluding hydrogens is 298 g/mol. The summed E-state index contributed by atoms with van der Waals surface area (Å²) < 4.78 is 0. The maximum absolute atomic E-state index is 12.3. The lowest BCUT2D eigenvalue weighted by Gasteiger charge is -2.38. The van der Waals surface area contributed by atoms with Crippen molar-refractivity contribution in [1.29, 1.82) is 0 Å². The van der Waals surface area contributed by atoms with Crippen molar-refractivity contribution >= 4 is 23.4 Å². The molecule has 0 spiro atoms. The molecule has 1 amide bonds. The Balaban J connectivity index is 1.48. The number of carbonyl (C=O) groups excluding carboxylic acids is 1. The third-order valence-electron chi connectivity index (χ3n) is 4.73. The van der Waals surface area contributed by atoms with Crippen molar-refractivity contribution in [2.75, 3.05) is 37.0 Å². The maximum atomic E-state index is 12.3. The number of amides is 1. The van der Waals surface area contributed by atoms with Gasteiger partial charge in [0.1, 0.15) is 5.69 Å². The molecule has 2 fully saturated rings. The number of carbonyl (C=O) groups is 1. The van der Waals surface area contributed by atoms with E-state index in [4.69, 9.17) is 0 Å². The van der Waals surface area contributed by atoms with Gasteiger partial charge < -0.3 is 10.6 Å². The Bertz CT molecular complexity index is 492. The highest BCUT2D eigenvalue weighted by molar-refractivity contribution is 7.99. The number of thioether (sulfide) groups is 1. The predicted molar refractivity (Wildman–Crippen MR) is 90.5 cm³/mol. The highest BCUT2D eigenvalue weighted by atomic mass is 32.2. The second kappa shape index (κ2) is 7.37. The fraction of sp³-hybridized carbons (Fsp3) is 0.733. The van der Waals surface area contributed by atoms with E-state index in [9.17, 15) is 4.79 Å². The van der Waals surface area contributed by atoms with Gasteiger partial charge in [-0.05, 0) is 25.7 Å².